The molecule has 1 aliphatic heterocycles. The summed E-state index contributed by atoms with van der Waals surface area (Å²) in [6.07, 6.45) is 6.15. The molecule has 0 spiro atoms. The summed E-state index contributed by atoms with van der Waals surface area (Å²) in [7, 11) is 6.56. The van der Waals surface area contributed by atoms with Crippen LogP contribution >= 0.6 is 0 Å². The molecule has 28 heavy (non-hydrogen) atoms. The Morgan fingerprint density at radius 2 is 1.93 bits per heavy atom. The van der Waals surface area contributed by atoms with Crippen molar-refractivity contribution in [3.8, 4) is 0 Å². The number of nitrogens with zero attached hydrogens (tertiary/aromatic N) is 4. The van der Waals surface area contributed by atoms with E-state index in [-0.39, 0.29) is 0 Å². The van der Waals surface area contributed by atoms with Crippen LogP contribution in [0.3, 0.4) is 0 Å². The van der Waals surface area contributed by atoms with Crippen LogP contribution in [0, 0.1) is 6.92 Å². The van der Waals surface area contributed by atoms with Gasteiger partial charge in [-0.3, -0.25) is 4.98 Å². The van der Waals surface area contributed by atoms with E-state index < -0.39 is 0 Å². The standard InChI is InChI=1S/C24H32N4/c1-18-5-6-23-21(15-18)22-17-27(4)14-10-24(22)28(23)16-20(9-13-26(2)3)19-7-11-25-12-8-19/h5-8,11-12,15,20H,9-10,13-14,16-17H2,1-4H3. The van der Waals surface area contributed by atoms with Gasteiger partial charge in [0.15, 0.2) is 0 Å². The molecule has 4 heteroatoms. The predicted octanol–water partition coefficient (Wildman–Crippen LogP) is 4.07. The van der Waals surface area contributed by atoms with Crippen LogP contribution < -0.4 is 0 Å². The van der Waals surface area contributed by atoms with Crippen molar-refractivity contribution >= 4 is 10.9 Å². The summed E-state index contributed by atoms with van der Waals surface area (Å²) in [6.45, 7) is 6.53. The van der Waals surface area contributed by atoms with Gasteiger partial charge in [-0.15, -0.1) is 0 Å². The minimum absolute atomic E-state index is 0.492. The van der Waals surface area contributed by atoms with Crippen LogP contribution in [0.5, 0.6) is 0 Å². The van der Waals surface area contributed by atoms with Gasteiger partial charge in [0.2, 0.25) is 0 Å². The van der Waals surface area contributed by atoms with Gasteiger partial charge in [-0.25, -0.2) is 0 Å². The molecule has 0 aliphatic carbocycles. The van der Waals surface area contributed by atoms with E-state index in [1.807, 2.05) is 12.4 Å². The number of pyridine rings is 1. The second-order valence-electron chi connectivity index (χ2n) is 8.61. The zero-order valence-electron chi connectivity index (χ0n) is 17.7. The predicted molar refractivity (Wildman–Crippen MR) is 117 cm³/mol. The van der Waals surface area contributed by atoms with E-state index in [9.17, 15) is 0 Å². The molecule has 4 rings (SSSR count). The monoisotopic (exact) mass is 376 g/mol. The third-order valence-corrected chi connectivity index (χ3v) is 6.11. The van der Waals surface area contributed by atoms with E-state index in [0.29, 0.717) is 5.92 Å². The SMILES string of the molecule is Cc1ccc2c(c1)c1c(n2CC(CCN(C)C)c2ccncc2)CCN(C)C1. The summed E-state index contributed by atoms with van der Waals surface area (Å²) in [5.41, 5.74) is 7.22. The summed E-state index contributed by atoms with van der Waals surface area (Å²) >= 11 is 0. The van der Waals surface area contributed by atoms with Crippen LogP contribution in [0.2, 0.25) is 0 Å². The van der Waals surface area contributed by atoms with Crippen LogP contribution in [0.25, 0.3) is 10.9 Å². The Kier molecular flexibility index (Phi) is 5.51. The fraction of sp³-hybridized carbons (Fsp3) is 0.458. The Bertz CT molecular complexity index is 942. The first-order valence-electron chi connectivity index (χ1n) is 10.4. The molecule has 0 bridgehead atoms. The molecule has 0 amide bonds. The highest BCUT2D eigenvalue weighted by molar-refractivity contribution is 5.86. The zero-order valence-corrected chi connectivity index (χ0v) is 17.7. The molecule has 1 aromatic carbocycles. The van der Waals surface area contributed by atoms with Gasteiger partial charge in [0.05, 0.1) is 0 Å². The van der Waals surface area contributed by atoms with E-state index >= 15 is 0 Å². The van der Waals surface area contributed by atoms with E-state index in [1.54, 1.807) is 5.69 Å². The van der Waals surface area contributed by atoms with Gasteiger partial charge in [0.25, 0.3) is 0 Å². The highest BCUT2D eigenvalue weighted by Crippen LogP contribution is 2.34. The Balaban J connectivity index is 1.76. The van der Waals surface area contributed by atoms with Crippen molar-refractivity contribution < 1.29 is 0 Å². The maximum Gasteiger partial charge on any atom is 0.0486 e. The van der Waals surface area contributed by atoms with Gasteiger partial charge in [-0.1, -0.05) is 11.6 Å². The van der Waals surface area contributed by atoms with E-state index in [2.05, 4.69) is 77.7 Å². The third kappa shape index (κ3) is 3.85. The largest absolute Gasteiger partial charge is 0.344 e. The minimum atomic E-state index is 0.492. The van der Waals surface area contributed by atoms with Crippen molar-refractivity contribution in [1.82, 2.24) is 19.4 Å². The van der Waals surface area contributed by atoms with Crippen LogP contribution in [0.1, 0.15) is 34.7 Å². The number of rotatable bonds is 6. The molecule has 148 valence electrons. The molecule has 3 aromatic rings. The van der Waals surface area contributed by atoms with Crippen molar-refractivity contribution in [3.05, 3.63) is 65.1 Å². The van der Waals surface area contributed by atoms with E-state index in [0.717, 1.165) is 39.0 Å². The molecule has 0 saturated carbocycles. The van der Waals surface area contributed by atoms with Gasteiger partial charge in [0.1, 0.15) is 0 Å². The summed E-state index contributed by atoms with van der Waals surface area (Å²) in [5, 5.41) is 1.45. The van der Waals surface area contributed by atoms with Gasteiger partial charge in [-0.05, 0) is 76.4 Å². The summed E-state index contributed by atoms with van der Waals surface area (Å²) in [5.74, 6) is 0.492. The fourth-order valence-electron chi connectivity index (χ4n) is 4.54. The molecule has 2 aromatic heterocycles. The molecular formula is C24H32N4. The normalized spacial score (nSPS) is 15.9. The molecular weight excluding hydrogens is 344 g/mol. The van der Waals surface area contributed by atoms with Crippen molar-refractivity contribution in [1.29, 1.82) is 0 Å². The molecule has 1 unspecified atom stereocenters. The van der Waals surface area contributed by atoms with Crippen molar-refractivity contribution in [2.75, 3.05) is 34.2 Å². The summed E-state index contributed by atoms with van der Waals surface area (Å²) in [4.78, 5) is 8.97. The lowest BCUT2D eigenvalue weighted by Crippen LogP contribution is -2.28. The molecule has 0 radical (unpaired) electrons. The molecule has 1 aliphatic rings. The lowest BCUT2D eigenvalue weighted by atomic mass is 9.96. The first kappa shape index (κ1) is 19.2. The van der Waals surface area contributed by atoms with Crippen molar-refractivity contribution in [2.45, 2.75) is 38.8 Å². The number of aryl methyl sites for hydroxylation is 1. The highest BCUT2D eigenvalue weighted by atomic mass is 15.1. The lowest BCUT2D eigenvalue weighted by Gasteiger charge is -2.26. The number of benzene rings is 1. The average molecular weight is 377 g/mol. The van der Waals surface area contributed by atoms with Crippen LogP contribution in [-0.2, 0) is 19.5 Å². The van der Waals surface area contributed by atoms with Crippen LogP contribution in [0.15, 0.2) is 42.7 Å². The summed E-state index contributed by atoms with van der Waals surface area (Å²) < 4.78 is 2.62. The first-order valence-corrected chi connectivity index (χ1v) is 10.4. The second-order valence-corrected chi connectivity index (χ2v) is 8.61. The Labute approximate surface area is 168 Å². The molecule has 0 saturated heterocycles. The quantitative estimate of drug-likeness (QED) is 0.648. The van der Waals surface area contributed by atoms with Gasteiger partial charge in [0, 0.05) is 61.0 Å². The molecule has 0 N–H and O–H groups in total. The lowest BCUT2D eigenvalue weighted by molar-refractivity contribution is 0.307. The number of fused-ring (bicyclic) bond motifs is 3. The Morgan fingerprint density at radius 1 is 1.14 bits per heavy atom. The smallest absolute Gasteiger partial charge is 0.0486 e. The molecule has 4 nitrogen and oxygen atoms in total. The number of aromatic nitrogens is 2. The topological polar surface area (TPSA) is 24.3 Å². The third-order valence-electron chi connectivity index (χ3n) is 6.11. The van der Waals surface area contributed by atoms with Crippen molar-refractivity contribution in [3.63, 3.8) is 0 Å². The van der Waals surface area contributed by atoms with Gasteiger partial charge >= 0.3 is 0 Å². The van der Waals surface area contributed by atoms with Crippen LogP contribution in [-0.4, -0.2) is 53.6 Å². The van der Waals surface area contributed by atoms with Crippen LogP contribution in [0.4, 0.5) is 0 Å². The zero-order chi connectivity index (χ0) is 19.7. The van der Waals surface area contributed by atoms with Crippen molar-refractivity contribution in [2.24, 2.45) is 0 Å². The Hall–Kier alpha value is -2.17. The number of hydrogen-bond donors (Lipinski definition) is 0. The fourth-order valence-corrected chi connectivity index (χ4v) is 4.54. The first-order chi connectivity index (χ1) is 13.5. The number of likely N-dealkylation sites (N-methyl/N-ethyl adjacent to an activating group) is 1. The highest BCUT2D eigenvalue weighted by Gasteiger charge is 2.24. The molecule has 0 fully saturated rings. The maximum atomic E-state index is 4.24. The average Bonchev–Trinajstić information content (AvgIpc) is 2.97. The molecule has 1 atom stereocenters. The van der Waals surface area contributed by atoms with Gasteiger partial charge in [-0.2, -0.15) is 0 Å². The summed E-state index contributed by atoms with van der Waals surface area (Å²) in [6, 6.07) is 11.4. The second kappa shape index (κ2) is 8.06. The van der Waals surface area contributed by atoms with E-state index in [4.69, 9.17) is 0 Å². The number of hydrogen-bond acceptors (Lipinski definition) is 3. The molecule has 3 heterocycles. The van der Waals surface area contributed by atoms with E-state index in [1.165, 1.54) is 27.6 Å². The minimum Gasteiger partial charge on any atom is -0.344 e. The maximum absolute atomic E-state index is 4.24. The Morgan fingerprint density at radius 3 is 2.68 bits per heavy atom. The van der Waals surface area contributed by atoms with Gasteiger partial charge < -0.3 is 14.4 Å².